The van der Waals surface area contributed by atoms with E-state index < -0.39 is 36.3 Å². The molecule has 0 saturated heterocycles. The first-order valence-electron chi connectivity index (χ1n) is 10.4. The van der Waals surface area contributed by atoms with Crippen molar-refractivity contribution in [2.45, 2.75) is 34.6 Å². The summed E-state index contributed by atoms with van der Waals surface area (Å²) < 4.78 is 15.1. The minimum Gasteiger partial charge on any atom is -0.462 e. The van der Waals surface area contributed by atoms with Gasteiger partial charge in [0.1, 0.15) is 10.7 Å². The number of amides is 2. The number of nitrogens with one attached hydrogen (secondary N) is 3. The number of hydrogen-bond donors (Lipinski definition) is 3. The van der Waals surface area contributed by atoms with Crippen LogP contribution < -0.4 is 10.6 Å². The highest BCUT2D eigenvalue weighted by Gasteiger charge is 2.27. The molecular weight excluding hydrogens is 466 g/mol. The molecular formula is C22H27N3O8S. The molecule has 0 saturated carbocycles. The van der Waals surface area contributed by atoms with E-state index in [0.29, 0.717) is 16.8 Å². The van der Waals surface area contributed by atoms with Gasteiger partial charge in [0, 0.05) is 12.7 Å². The summed E-state index contributed by atoms with van der Waals surface area (Å²) in [5, 5.41) is 5.08. The highest BCUT2D eigenvalue weighted by molar-refractivity contribution is 7.18. The molecule has 0 aliphatic heterocycles. The van der Waals surface area contributed by atoms with Crippen LogP contribution in [0, 0.1) is 20.8 Å². The second kappa shape index (κ2) is 11.5. The van der Waals surface area contributed by atoms with E-state index >= 15 is 0 Å². The second-order valence-corrected chi connectivity index (χ2v) is 8.05. The Bertz CT molecular complexity index is 1130. The molecule has 2 aromatic heterocycles. The third kappa shape index (κ3) is 5.63. The van der Waals surface area contributed by atoms with E-state index in [9.17, 15) is 24.0 Å². The number of thiophene rings is 1. The van der Waals surface area contributed by atoms with Gasteiger partial charge in [-0.05, 0) is 45.7 Å². The molecule has 0 fully saturated rings. The average molecular weight is 494 g/mol. The van der Waals surface area contributed by atoms with Crippen LogP contribution in [0.15, 0.2) is 0 Å². The largest absolute Gasteiger partial charge is 0.462 e. The number of hydrogen-bond acceptors (Lipinski definition) is 9. The van der Waals surface area contributed by atoms with Gasteiger partial charge in [-0.2, -0.15) is 0 Å². The van der Waals surface area contributed by atoms with E-state index in [0.717, 1.165) is 11.3 Å². The molecule has 3 N–H and O–H groups in total. The number of aromatic nitrogens is 1. The monoisotopic (exact) mass is 493 g/mol. The van der Waals surface area contributed by atoms with Crippen molar-refractivity contribution in [1.82, 2.24) is 10.3 Å². The fourth-order valence-corrected chi connectivity index (χ4v) is 4.37. The Hall–Kier alpha value is -3.67. The smallest absolute Gasteiger partial charge is 0.355 e. The number of aromatic amines is 1. The Labute approximate surface area is 200 Å². The number of aryl methyl sites for hydroxylation is 1. The van der Waals surface area contributed by atoms with Gasteiger partial charge in [0.25, 0.3) is 11.8 Å². The van der Waals surface area contributed by atoms with Gasteiger partial charge in [0.15, 0.2) is 6.61 Å². The number of anilines is 1. The van der Waals surface area contributed by atoms with Gasteiger partial charge in [-0.15, -0.1) is 11.3 Å². The molecule has 0 radical (unpaired) electrons. The normalized spacial score (nSPS) is 10.4. The summed E-state index contributed by atoms with van der Waals surface area (Å²) in [5.74, 6) is -3.25. The predicted molar refractivity (Wildman–Crippen MR) is 124 cm³/mol. The van der Waals surface area contributed by atoms with Crippen molar-refractivity contribution in [2.75, 3.05) is 32.2 Å². The molecule has 184 valence electrons. The summed E-state index contributed by atoms with van der Waals surface area (Å²) in [6.07, 6.45) is 0. The summed E-state index contributed by atoms with van der Waals surface area (Å²) in [5.41, 5.74) is 1.44. The van der Waals surface area contributed by atoms with Crippen LogP contribution in [0.2, 0.25) is 0 Å². The average Bonchev–Trinajstić information content (AvgIpc) is 3.27. The van der Waals surface area contributed by atoms with Crippen molar-refractivity contribution in [1.29, 1.82) is 0 Å². The lowest BCUT2D eigenvalue weighted by molar-refractivity contribution is -0.119. The lowest BCUT2D eigenvalue weighted by Crippen LogP contribution is -2.22. The van der Waals surface area contributed by atoms with E-state index in [4.69, 9.17) is 14.2 Å². The third-order valence-corrected chi connectivity index (χ3v) is 5.97. The summed E-state index contributed by atoms with van der Waals surface area (Å²) in [7, 11) is 1.45. The highest BCUT2D eigenvalue weighted by Crippen LogP contribution is 2.33. The Balaban J connectivity index is 2.17. The van der Waals surface area contributed by atoms with Crippen LogP contribution in [0.1, 0.15) is 71.5 Å². The summed E-state index contributed by atoms with van der Waals surface area (Å²) in [4.78, 5) is 64.6. The van der Waals surface area contributed by atoms with Gasteiger partial charge in [0.05, 0.1) is 29.2 Å². The molecule has 2 amide bonds. The van der Waals surface area contributed by atoms with Crippen LogP contribution in [0.3, 0.4) is 0 Å². The molecule has 0 bridgehead atoms. The van der Waals surface area contributed by atoms with Gasteiger partial charge in [-0.3, -0.25) is 9.59 Å². The topological polar surface area (TPSA) is 153 Å². The SMILES string of the molecule is CCOC(=O)c1c(C)[nH]c(C(=O)OCC(=O)Nc2sc(C(=O)NC)c(C)c2C(=O)OCC)c1C. The van der Waals surface area contributed by atoms with Gasteiger partial charge in [0.2, 0.25) is 0 Å². The molecule has 0 aliphatic rings. The molecule has 11 nitrogen and oxygen atoms in total. The van der Waals surface area contributed by atoms with E-state index in [1.54, 1.807) is 34.6 Å². The zero-order valence-corrected chi connectivity index (χ0v) is 20.6. The van der Waals surface area contributed by atoms with Crippen molar-refractivity contribution in [2.24, 2.45) is 0 Å². The van der Waals surface area contributed by atoms with E-state index in [1.807, 2.05) is 0 Å². The minimum atomic E-state index is -0.842. The van der Waals surface area contributed by atoms with Crippen molar-refractivity contribution in [3.63, 3.8) is 0 Å². The fourth-order valence-electron chi connectivity index (χ4n) is 3.21. The highest BCUT2D eigenvalue weighted by atomic mass is 32.1. The van der Waals surface area contributed by atoms with E-state index in [1.165, 1.54) is 7.05 Å². The number of carbonyl (C=O) groups is 5. The first-order chi connectivity index (χ1) is 16.1. The summed E-state index contributed by atoms with van der Waals surface area (Å²) >= 11 is 0.905. The van der Waals surface area contributed by atoms with E-state index in [2.05, 4.69) is 15.6 Å². The molecule has 0 aliphatic carbocycles. The quantitative estimate of drug-likeness (QED) is 0.356. The van der Waals surface area contributed by atoms with Crippen LogP contribution >= 0.6 is 11.3 Å². The molecule has 12 heteroatoms. The van der Waals surface area contributed by atoms with Crippen LogP contribution in [-0.4, -0.2) is 61.6 Å². The molecule has 2 rings (SSSR count). The van der Waals surface area contributed by atoms with Gasteiger partial charge < -0.3 is 29.8 Å². The lowest BCUT2D eigenvalue weighted by atomic mass is 10.1. The third-order valence-electron chi connectivity index (χ3n) is 4.77. The maximum atomic E-state index is 12.5. The molecule has 34 heavy (non-hydrogen) atoms. The first-order valence-corrected chi connectivity index (χ1v) is 11.2. The molecule has 0 atom stereocenters. The predicted octanol–water partition coefficient (Wildman–Crippen LogP) is 2.51. The molecule has 2 aromatic rings. The molecule has 0 spiro atoms. The van der Waals surface area contributed by atoms with Crippen molar-refractivity contribution < 1.29 is 38.2 Å². The zero-order valence-electron chi connectivity index (χ0n) is 19.8. The van der Waals surface area contributed by atoms with Crippen molar-refractivity contribution in [3.05, 3.63) is 38.5 Å². The Morgan fingerprint density at radius 2 is 1.44 bits per heavy atom. The van der Waals surface area contributed by atoms with Gasteiger partial charge >= 0.3 is 17.9 Å². The van der Waals surface area contributed by atoms with Crippen LogP contribution in [0.5, 0.6) is 0 Å². The Kier molecular flexibility index (Phi) is 8.96. The summed E-state index contributed by atoms with van der Waals surface area (Å²) in [6.45, 7) is 7.67. The fraction of sp³-hybridized carbons (Fsp3) is 0.409. The van der Waals surface area contributed by atoms with Crippen molar-refractivity contribution >= 4 is 46.1 Å². The number of H-pyrrole nitrogens is 1. The summed E-state index contributed by atoms with van der Waals surface area (Å²) in [6, 6.07) is 0. The molecule has 0 aromatic carbocycles. The Morgan fingerprint density at radius 3 is 2.00 bits per heavy atom. The maximum Gasteiger partial charge on any atom is 0.355 e. The molecule has 0 unspecified atom stereocenters. The number of carbonyl (C=O) groups excluding carboxylic acids is 5. The number of ether oxygens (including phenoxy) is 3. The minimum absolute atomic E-state index is 0.0226. The maximum absolute atomic E-state index is 12.5. The first kappa shape index (κ1) is 26.6. The number of esters is 3. The number of rotatable bonds is 9. The van der Waals surface area contributed by atoms with Crippen molar-refractivity contribution in [3.8, 4) is 0 Å². The van der Waals surface area contributed by atoms with Gasteiger partial charge in [-0.1, -0.05) is 0 Å². The van der Waals surface area contributed by atoms with Gasteiger partial charge in [-0.25, -0.2) is 14.4 Å². The van der Waals surface area contributed by atoms with E-state index in [-0.39, 0.29) is 39.9 Å². The van der Waals surface area contributed by atoms with Crippen LogP contribution in [0.4, 0.5) is 5.00 Å². The standard InChI is InChI=1S/C22H27N3O8S/c1-7-31-20(28)14-10(3)16(24-12(14)5)22(30)33-9-13(26)25-19-15(21(29)32-8-2)11(4)17(34-19)18(27)23-6/h24H,7-9H2,1-6H3,(H,23,27)(H,25,26). The zero-order chi connectivity index (χ0) is 25.6. The lowest BCUT2D eigenvalue weighted by Gasteiger charge is -2.08. The van der Waals surface area contributed by atoms with Crippen LogP contribution in [-0.2, 0) is 19.0 Å². The van der Waals surface area contributed by atoms with Crippen LogP contribution in [0.25, 0.3) is 0 Å². The molecule has 2 heterocycles. The Morgan fingerprint density at radius 1 is 0.853 bits per heavy atom. The second-order valence-electron chi connectivity index (χ2n) is 7.03.